The van der Waals surface area contributed by atoms with E-state index in [9.17, 15) is 19.7 Å². The molecule has 3 aromatic rings. The third kappa shape index (κ3) is 2.35. The third-order valence-electron chi connectivity index (χ3n) is 7.13. The number of methoxy groups -OCH3 is 1. The number of hydrogen-bond acceptors (Lipinski definition) is 5. The number of amides is 2. The monoisotopic (exact) mass is 460 g/mol. The highest BCUT2D eigenvalue weighted by atomic mass is 35.5. The topological polar surface area (TPSA) is 89.8 Å². The lowest BCUT2D eigenvalue weighted by molar-refractivity contribution is -0.384. The first-order valence-corrected chi connectivity index (χ1v) is 10.8. The fraction of sp³-hybridized carbons (Fsp3) is 0.200. The van der Waals surface area contributed by atoms with Crippen LogP contribution in [-0.2, 0) is 14.5 Å². The molecule has 1 heterocycles. The molecular formula is C25H17ClN2O5. The van der Waals surface area contributed by atoms with Gasteiger partial charge in [0.25, 0.3) is 5.69 Å². The van der Waals surface area contributed by atoms with E-state index in [2.05, 4.69) is 0 Å². The molecule has 0 N–H and O–H groups in total. The Morgan fingerprint density at radius 3 is 2.15 bits per heavy atom. The Morgan fingerprint density at radius 2 is 1.58 bits per heavy atom. The fourth-order valence-corrected chi connectivity index (χ4v) is 6.45. The maximum absolute atomic E-state index is 13.9. The summed E-state index contributed by atoms with van der Waals surface area (Å²) in [5, 5.41) is 11.2. The Labute approximate surface area is 193 Å². The maximum Gasteiger partial charge on any atom is 0.273 e. The maximum atomic E-state index is 13.9. The second-order valence-corrected chi connectivity index (χ2v) is 9.09. The van der Waals surface area contributed by atoms with Crippen LogP contribution >= 0.6 is 11.6 Å². The van der Waals surface area contributed by atoms with Gasteiger partial charge in [-0.1, -0.05) is 48.5 Å². The van der Waals surface area contributed by atoms with Crippen LogP contribution in [-0.4, -0.2) is 23.8 Å². The molecule has 0 saturated carbocycles. The largest absolute Gasteiger partial charge is 0.494 e. The summed E-state index contributed by atoms with van der Waals surface area (Å²) in [5.74, 6) is -2.53. The molecule has 7 nitrogen and oxygen atoms in total. The van der Waals surface area contributed by atoms with Gasteiger partial charge in [-0.3, -0.25) is 19.7 Å². The predicted octanol–water partition coefficient (Wildman–Crippen LogP) is 4.35. The van der Waals surface area contributed by atoms with Crippen molar-refractivity contribution in [2.45, 2.75) is 10.8 Å². The smallest absolute Gasteiger partial charge is 0.273 e. The van der Waals surface area contributed by atoms with Crippen molar-refractivity contribution in [2.24, 2.45) is 11.8 Å². The lowest BCUT2D eigenvalue weighted by Crippen LogP contribution is -2.50. The first-order valence-electron chi connectivity index (χ1n) is 10.5. The molecule has 2 atom stereocenters. The summed E-state index contributed by atoms with van der Waals surface area (Å²) >= 11 is 7.39. The number of nitro benzene ring substituents is 1. The van der Waals surface area contributed by atoms with E-state index in [1.165, 1.54) is 25.3 Å². The number of ether oxygens (including phenoxy) is 1. The number of hydrogen-bond donors (Lipinski definition) is 0. The molecule has 2 bridgehead atoms. The van der Waals surface area contributed by atoms with Gasteiger partial charge in [-0.25, -0.2) is 4.90 Å². The number of non-ortho nitro benzene ring substituents is 1. The average Bonchev–Trinajstić information content (AvgIpc) is 3.10. The van der Waals surface area contributed by atoms with Gasteiger partial charge in [0, 0.05) is 12.0 Å². The van der Waals surface area contributed by atoms with E-state index < -0.39 is 27.5 Å². The van der Waals surface area contributed by atoms with Crippen molar-refractivity contribution in [1.29, 1.82) is 0 Å². The zero-order chi connectivity index (χ0) is 23.1. The predicted molar refractivity (Wildman–Crippen MR) is 120 cm³/mol. The van der Waals surface area contributed by atoms with Gasteiger partial charge in [-0.2, -0.15) is 0 Å². The van der Waals surface area contributed by atoms with E-state index in [0.29, 0.717) is 0 Å². The van der Waals surface area contributed by atoms with Crippen molar-refractivity contribution in [1.82, 2.24) is 0 Å². The van der Waals surface area contributed by atoms with Crippen LogP contribution in [0.15, 0.2) is 66.7 Å². The minimum absolute atomic E-state index is 0.0792. The van der Waals surface area contributed by atoms with E-state index in [0.717, 1.165) is 27.2 Å². The van der Waals surface area contributed by atoms with E-state index in [-0.39, 0.29) is 28.9 Å². The van der Waals surface area contributed by atoms with Gasteiger partial charge >= 0.3 is 0 Å². The molecule has 4 aliphatic rings. The summed E-state index contributed by atoms with van der Waals surface area (Å²) in [6.07, 6.45) is 0. The molecule has 0 aromatic heterocycles. The molecule has 33 heavy (non-hydrogen) atoms. The summed E-state index contributed by atoms with van der Waals surface area (Å²) in [5.41, 5.74) is 3.57. The molecule has 164 valence electrons. The van der Waals surface area contributed by atoms with E-state index >= 15 is 0 Å². The molecule has 8 heteroatoms. The second-order valence-electron chi connectivity index (χ2n) is 8.49. The van der Waals surface area contributed by atoms with Gasteiger partial charge in [0.2, 0.25) is 11.8 Å². The third-order valence-corrected chi connectivity index (χ3v) is 7.77. The van der Waals surface area contributed by atoms with Gasteiger partial charge in [-0.15, -0.1) is 11.6 Å². The summed E-state index contributed by atoms with van der Waals surface area (Å²) in [4.78, 5) is 38.3. The minimum Gasteiger partial charge on any atom is -0.494 e. The van der Waals surface area contributed by atoms with Crippen LogP contribution in [0.4, 0.5) is 11.4 Å². The first-order chi connectivity index (χ1) is 15.9. The van der Waals surface area contributed by atoms with Crippen LogP contribution in [0, 0.1) is 22.0 Å². The van der Waals surface area contributed by atoms with Gasteiger partial charge < -0.3 is 4.74 Å². The lowest BCUT2D eigenvalue weighted by Gasteiger charge is -2.50. The van der Waals surface area contributed by atoms with Gasteiger partial charge in [0.05, 0.1) is 35.6 Å². The number of halogens is 1. The standard InChI is InChI=1S/C25H17ClN2O5/c1-33-19-12-13(28(31)32)10-11-18(19)27-23(29)21-20-14-6-2-4-8-16(14)25(26,22(21)24(27)30)17-9-5-3-7-15(17)20/h2-12,20-22H,1H3/t20?,21-,22+,25?/m0/s1. The van der Waals surface area contributed by atoms with Crippen LogP contribution < -0.4 is 9.64 Å². The van der Waals surface area contributed by atoms with E-state index in [4.69, 9.17) is 16.3 Å². The highest BCUT2D eigenvalue weighted by Crippen LogP contribution is 2.66. The SMILES string of the molecule is COc1cc([N+](=O)[O-])ccc1N1C(=O)[C@H]2C3c4ccccc4C(Cl)(c4ccccc43)[C@H]2C1=O. The number of carbonyl (C=O) groups excluding carboxylic acids is 2. The summed E-state index contributed by atoms with van der Waals surface area (Å²) in [6.45, 7) is 0. The Morgan fingerprint density at radius 1 is 0.970 bits per heavy atom. The molecular weight excluding hydrogens is 444 g/mol. The molecule has 1 aliphatic heterocycles. The van der Waals surface area contributed by atoms with E-state index in [1.807, 2.05) is 48.5 Å². The van der Waals surface area contributed by atoms with Crippen LogP contribution in [0.3, 0.4) is 0 Å². The molecule has 1 fully saturated rings. The molecule has 7 rings (SSSR count). The van der Waals surface area contributed by atoms with Crippen molar-refractivity contribution >= 4 is 34.8 Å². The number of anilines is 1. The van der Waals surface area contributed by atoms with Crippen LogP contribution in [0.25, 0.3) is 0 Å². The highest BCUT2D eigenvalue weighted by molar-refractivity contribution is 6.33. The van der Waals surface area contributed by atoms with Crippen LogP contribution in [0.5, 0.6) is 5.75 Å². The minimum atomic E-state index is -1.19. The van der Waals surface area contributed by atoms with Gasteiger partial charge in [0.1, 0.15) is 10.6 Å². The average molecular weight is 461 g/mol. The number of imide groups is 1. The van der Waals surface area contributed by atoms with Gasteiger partial charge in [-0.05, 0) is 28.3 Å². The molecule has 0 unspecified atom stereocenters. The fourth-order valence-electron chi connectivity index (χ4n) is 5.88. The molecule has 0 spiro atoms. The Hall–Kier alpha value is -3.71. The number of nitro groups is 1. The molecule has 3 aromatic carbocycles. The number of carbonyl (C=O) groups is 2. The van der Waals surface area contributed by atoms with Crippen molar-refractivity contribution in [3.05, 3.63) is 99.1 Å². The number of rotatable bonds is 3. The lowest BCUT2D eigenvalue weighted by atomic mass is 9.54. The first kappa shape index (κ1) is 19.9. The van der Waals surface area contributed by atoms with Crippen molar-refractivity contribution < 1.29 is 19.2 Å². The molecule has 3 aliphatic carbocycles. The Bertz CT molecular complexity index is 1340. The number of alkyl halides is 1. The Balaban J connectivity index is 1.57. The molecule has 2 amide bonds. The normalized spacial score (nSPS) is 26.6. The van der Waals surface area contributed by atoms with Crippen LogP contribution in [0.2, 0.25) is 0 Å². The summed E-state index contributed by atoms with van der Waals surface area (Å²) in [7, 11) is 1.35. The highest BCUT2D eigenvalue weighted by Gasteiger charge is 2.68. The van der Waals surface area contributed by atoms with Crippen molar-refractivity contribution in [3.63, 3.8) is 0 Å². The summed E-state index contributed by atoms with van der Waals surface area (Å²) < 4.78 is 5.33. The zero-order valence-electron chi connectivity index (χ0n) is 17.4. The van der Waals surface area contributed by atoms with Crippen molar-refractivity contribution in [3.8, 4) is 5.75 Å². The Kier molecular flexibility index (Phi) is 4.02. The van der Waals surface area contributed by atoms with E-state index in [1.54, 1.807) is 0 Å². The number of benzene rings is 3. The number of nitrogens with zero attached hydrogens (tertiary/aromatic N) is 2. The quantitative estimate of drug-likeness (QED) is 0.251. The second kappa shape index (κ2) is 6.65. The summed E-state index contributed by atoms with van der Waals surface area (Å²) in [6, 6.07) is 19.2. The van der Waals surface area contributed by atoms with Crippen LogP contribution in [0.1, 0.15) is 28.2 Å². The van der Waals surface area contributed by atoms with Gasteiger partial charge in [0.15, 0.2) is 0 Å². The van der Waals surface area contributed by atoms with Crippen molar-refractivity contribution in [2.75, 3.05) is 12.0 Å². The molecule has 1 saturated heterocycles. The zero-order valence-corrected chi connectivity index (χ0v) is 18.2. The molecule has 0 radical (unpaired) electrons.